The molecule has 35 heavy (non-hydrogen) atoms. The zero-order valence-corrected chi connectivity index (χ0v) is 20.1. The summed E-state index contributed by atoms with van der Waals surface area (Å²) in [5, 5.41) is 11.4. The molecular formula is C23H25N7O4S. The maximum atomic E-state index is 12.6. The van der Waals surface area contributed by atoms with Crippen molar-refractivity contribution >= 4 is 44.1 Å². The van der Waals surface area contributed by atoms with E-state index < -0.39 is 16.1 Å². The summed E-state index contributed by atoms with van der Waals surface area (Å²) in [6, 6.07) is 12.0. The first kappa shape index (κ1) is 22.8. The molecule has 1 aliphatic heterocycles. The molecule has 0 radical (unpaired) electrons. The SMILES string of the molecule is COc1ccc(-c2nc3c4cccc(NS(C)(=O)=O)c4nc(N[C@@H]4CCCCNC4=O)n3n2)cc1. The summed E-state index contributed by atoms with van der Waals surface area (Å²) in [5.74, 6) is 1.35. The number of methoxy groups -OCH3 is 1. The summed E-state index contributed by atoms with van der Waals surface area (Å²) in [5.41, 5.74) is 1.96. The van der Waals surface area contributed by atoms with Gasteiger partial charge in [-0.05, 0) is 55.7 Å². The van der Waals surface area contributed by atoms with Gasteiger partial charge in [-0.2, -0.15) is 4.52 Å². The zero-order chi connectivity index (χ0) is 24.6. The highest BCUT2D eigenvalue weighted by Crippen LogP contribution is 2.30. The fraction of sp³-hybridized carbons (Fsp3) is 0.304. The van der Waals surface area contributed by atoms with E-state index in [0.29, 0.717) is 52.7 Å². The Morgan fingerprint density at radius 2 is 1.91 bits per heavy atom. The van der Waals surface area contributed by atoms with Gasteiger partial charge in [-0.3, -0.25) is 9.52 Å². The predicted molar refractivity (Wildman–Crippen MR) is 133 cm³/mol. The lowest BCUT2D eigenvalue weighted by molar-refractivity contribution is -0.121. The minimum Gasteiger partial charge on any atom is -0.497 e. The van der Waals surface area contributed by atoms with E-state index in [1.165, 1.54) is 0 Å². The molecule has 4 aromatic rings. The first-order chi connectivity index (χ1) is 16.8. The molecule has 1 atom stereocenters. The summed E-state index contributed by atoms with van der Waals surface area (Å²) in [6.45, 7) is 0.630. The number of benzene rings is 2. The van der Waals surface area contributed by atoms with E-state index in [1.807, 2.05) is 24.3 Å². The monoisotopic (exact) mass is 495 g/mol. The third kappa shape index (κ3) is 4.69. The summed E-state index contributed by atoms with van der Waals surface area (Å²) in [6.07, 6.45) is 3.49. The number of sulfonamides is 1. The molecule has 2 aromatic carbocycles. The number of anilines is 2. The molecule has 5 rings (SSSR count). The number of para-hydroxylation sites is 1. The van der Waals surface area contributed by atoms with Crippen LogP contribution in [0.1, 0.15) is 19.3 Å². The van der Waals surface area contributed by atoms with Gasteiger partial charge in [0.15, 0.2) is 11.5 Å². The molecule has 1 fully saturated rings. The van der Waals surface area contributed by atoms with E-state index in [-0.39, 0.29) is 5.91 Å². The Bertz CT molecular complexity index is 1520. The van der Waals surface area contributed by atoms with Crippen LogP contribution in [-0.2, 0) is 14.8 Å². The first-order valence-electron chi connectivity index (χ1n) is 11.2. The predicted octanol–water partition coefficient (Wildman–Crippen LogP) is 2.41. The molecule has 0 saturated carbocycles. The van der Waals surface area contributed by atoms with Crippen molar-refractivity contribution in [3.8, 4) is 17.1 Å². The zero-order valence-electron chi connectivity index (χ0n) is 19.3. The Hall–Kier alpha value is -3.93. The highest BCUT2D eigenvalue weighted by atomic mass is 32.2. The Labute approximate surface area is 202 Å². The highest BCUT2D eigenvalue weighted by molar-refractivity contribution is 7.92. The summed E-state index contributed by atoms with van der Waals surface area (Å²) < 4.78 is 33.3. The van der Waals surface area contributed by atoms with Gasteiger partial charge in [0.25, 0.3) is 0 Å². The van der Waals surface area contributed by atoms with Crippen LogP contribution >= 0.6 is 0 Å². The van der Waals surface area contributed by atoms with Crippen molar-refractivity contribution in [3.05, 3.63) is 42.5 Å². The summed E-state index contributed by atoms with van der Waals surface area (Å²) in [4.78, 5) is 22.1. The third-order valence-corrected chi connectivity index (χ3v) is 6.38. The number of ether oxygens (including phenoxy) is 1. The van der Waals surface area contributed by atoms with Crippen LogP contribution in [0.2, 0.25) is 0 Å². The molecule has 2 aromatic heterocycles. The molecule has 12 heteroatoms. The number of nitrogens with one attached hydrogen (secondary N) is 3. The normalized spacial score (nSPS) is 16.6. The van der Waals surface area contributed by atoms with Crippen LogP contribution in [0, 0.1) is 0 Å². The van der Waals surface area contributed by atoms with Crippen LogP contribution in [0.25, 0.3) is 27.9 Å². The van der Waals surface area contributed by atoms with Gasteiger partial charge < -0.3 is 15.4 Å². The van der Waals surface area contributed by atoms with Gasteiger partial charge in [-0.1, -0.05) is 6.07 Å². The Morgan fingerprint density at radius 3 is 2.66 bits per heavy atom. The number of rotatable bonds is 6. The van der Waals surface area contributed by atoms with Gasteiger partial charge >= 0.3 is 0 Å². The fourth-order valence-corrected chi connectivity index (χ4v) is 4.67. The van der Waals surface area contributed by atoms with Crippen molar-refractivity contribution in [2.45, 2.75) is 25.3 Å². The van der Waals surface area contributed by atoms with Crippen molar-refractivity contribution in [1.82, 2.24) is 24.9 Å². The average molecular weight is 496 g/mol. The van der Waals surface area contributed by atoms with Crippen molar-refractivity contribution in [1.29, 1.82) is 0 Å². The van der Waals surface area contributed by atoms with Crippen LogP contribution in [-0.4, -0.2) is 59.9 Å². The molecule has 0 bridgehead atoms. The van der Waals surface area contributed by atoms with E-state index in [4.69, 9.17) is 14.7 Å². The number of carbonyl (C=O) groups excluding carboxylic acids is 1. The molecule has 1 aliphatic rings. The van der Waals surface area contributed by atoms with E-state index in [1.54, 1.807) is 29.8 Å². The second-order valence-corrected chi connectivity index (χ2v) is 10.1. The van der Waals surface area contributed by atoms with E-state index in [9.17, 15) is 13.2 Å². The van der Waals surface area contributed by atoms with E-state index in [0.717, 1.165) is 24.7 Å². The highest BCUT2D eigenvalue weighted by Gasteiger charge is 2.24. The minimum absolute atomic E-state index is 0.115. The third-order valence-electron chi connectivity index (χ3n) is 5.78. The molecule has 182 valence electrons. The quantitative estimate of drug-likeness (QED) is 0.371. The van der Waals surface area contributed by atoms with Gasteiger partial charge in [0.2, 0.25) is 21.9 Å². The number of hydrogen-bond acceptors (Lipinski definition) is 8. The van der Waals surface area contributed by atoms with Gasteiger partial charge in [0, 0.05) is 17.5 Å². The lowest BCUT2D eigenvalue weighted by Gasteiger charge is -2.17. The van der Waals surface area contributed by atoms with Crippen LogP contribution in [0.3, 0.4) is 0 Å². The maximum Gasteiger partial charge on any atom is 0.242 e. The van der Waals surface area contributed by atoms with Crippen LogP contribution in [0.15, 0.2) is 42.5 Å². The van der Waals surface area contributed by atoms with Crippen molar-refractivity contribution in [3.63, 3.8) is 0 Å². The largest absolute Gasteiger partial charge is 0.497 e. The van der Waals surface area contributed by atoms with Crippen LogP contribution in [0.4, 0.5) is 11.6 Å². The molecule has 0 unspecified atom stereocenters. The molecule has 0 spiro atoms. The number of aromatic nitrogens is 4. The molecular weight excluding hydrogens is 470 g/mol. The standard InChI is InChI=1S/C23H25N7O4S/c1-34-15-11-9-14(10-12-15)20-27-21-16-6-5-8-17(29-35(2,32)33)19(16)26-23(30(21)28-20)25-18-7-3-4-13-24-22(18)31/h5-6,8-12,18,29H,3-4,7,13H2,1-2H3,(H,24,31)(H,25,26)/t18-/m1/s1. The number of fused-ring (bicyclic) bond motifs is 3. The van der Waals surface area contributed by atoms with Crippen LogP contribution < -0.4 is 20.1 Å². The second kappa shape index (κ2) is 9.02. The summed E-state index contributed by atoms with van der Waals surface area (Å²) >= 11 is 0. The molecule has 1 amide bonds. The van der Waals surface area contributed by atoms with Gasteiger partial charge in [-0.25, -0.2) is 18.4 Å². The Balaban J connectivity index is 1.70. The molecule has 1 saturated heterocycles. The number of amides is 1. The second-order valence-electron chi connectivity index (χ2n) is 8.39. The lowest BCUT2D eigenvalue weighted by atomic mass is 10.1. The van der Waals surface area contributed by atoms with E-state index >= 15 is 0 Å². The van der Waals surface area contributed by atoms with Gasteiger partial charge in [0.1, 0.15) is 17.3 Å². The topological polar surface area (TPSA) is 140 Å². The van der Waals surface area contributed by atoms with Crippen molar-refractivity contribution in [2.24, 2.45) is 0 Å². The Morgan fingerprint density at radius 1 is 1.11 bits per heavy atom. The molecule has 11 nitrogen and oxygen atoms in total. The minimum atomic E-state index is -3.55. The van der Waals surface area contributed by atoms with Gasteiger partial charge in [0.05, 0.1) is 19.1 Å². The fourth-order valence-electron chi connectivity index (χ4n) is 4.10. The molecule has 3 heterocycles. The summed E-state index contributed by atoms with van der Waals surface area (Å²) in [7, 11) is -1.95. The van der Waals surface area contributed by atoms with Crippen LogP contribution in [0.5, 0.6) is 5.75 Å². The first-order valence-corrected chi connectivity index (χ1v) is 13.1. The van der Waals surface area contributed by atoms with Crippen molar-refractivity contribution in [2.75, 3.05) is 29.9 Å². The molecule has 3 N–H and O–H groups in total. The number of hydrogen-bond donors (Lipinski definition) is 3. The lowest BCUT2D eigenvalue weighted by Crippen LogP contribution is -2.38. The van der Waals surface area contributed by atoms with E-state index in [2.05, 4.69) is 20.5 Å². The maximum absolute atomic E-state index is 12.6. The number of carbonyl (C=O) groups is 1. The average Bonchev–Trinajstić information content (AvgIpc) is 3.19. The number of nitrogens with zero attached hydrogens (tertiary/aromatic N) is 4. The smallest absolute Gasteiger partial charge is 0.242 e. The Kier molecular flexibility index (Phi) is 5.89. The van der Waals surface area contributed by atoms with Gasteiger partial charge in [-0.15, -0.1) is 5.10 Å². The van der Waals surface area contributed by atoms with Crippen molar-refractivity contribution < 1.29 is 17.9 Å². The molecule has 0 aliphatic carbocycles.